The van der Waals surface area contributed by atoms with Gasteiger partial charge in [-0.15, -0.1) is 0 Å². The molecule has 6 nitrogen and oxygen atoms in total. The van der Waals surface area contributed by atoms with E-state index in [0.717, 1.165) is 22.5 Å². The maximum atomic E-state index is 13.2. The predicted molar refractivity (Wildman–Crippen MR) is 87.2 cm³/mol. The maximum absolute atomic E-state index is 13.2. The van der Waals surface area contributed by atoms with Crippen molar-refractivity contribution in [2.45, 2.75) is 12.8 Å². The summed E-state index contributed by atoms with van der Waals surface area (Å²) in [5.74, 6) is -0.231. The zero-order chi connectivity index (χ0) is 17.2. The first kappa shape index (κ1) is 15.4. The van der Waals surface area contributed by atoms with Crippen LogP contribution in [0.15, 0.2) is 47.4 Å². The lowest BCUT2D eigenvalue weighted by Gasteiger charge is -2.18. The molecule has 1 aliphatic rings. The van der Waals surface area contributed by atoms with E-state index in [-0.39, 0.29) is 17.5 Å². The largest absolute Gasteiger partial charge is 0.351 e. The van der Waals surface area contributed by atoms with E-state index in [1.165, 1.54) is 24.7 Å². The predicted octanol–water partition coefficient (Wildman–Crippen LogP) is 2.51. The standard InChI is InChI=1S/C18H15FN4O2/c19-13-3-1-12(2-4-13)17-14-6-9-23(10-7-15(14)20-11-21-17)18(24)16-5-8-22-25-16/h1-5,8,11H,6-7,9-10H2. The molecule has 7 heteroatoms. The minimum absolute atomic E-state index is 0.179. The molecule has 1 aromatic carbocycles. The van der Waals surface area contributed by atoms with E-state index in [9.17, 15) is 9.18 Å². The van der Waals surface area contributed by atoms with E-state index in [2.05, 4.69) is 15.1 Å². The van der Waals surface area contributed by atoms with Gasteiger partial charge >= 0.3 is 0 Å². The lowest BCUT2D eigenvalue weighted by Crippen LogP contribution is -2.33. The summed E-state index contributed by atoms with van der Waals surface area (Å²) in [5, 5.41) is 3.59. The van der Waals surface area contributed by atoms with Gasteiger partial charge in [-0.3, -0.25) is 4.79 Å². The Morgan fingerprint density at radius 1 is 1.08 bits per heavy atom. The Kier molecular flexibility index (Phi) is 3.97. The molecule has 0 N–H and O–H groups in total. The molecule has 4 rings (SSSR count). The summed E-state index contributed by atoms with van der Waals surface area (Å²) in [4.78, 5) is 23.0. The van der Waals surface area contributed by atoms with Gasteiger partial charge in [0.05, 0.1) is 11.9 Å². The monoisotopic (exact) mass is 338 g/mol. The molecule has 0 saturated carbocycles. The highest BCUT2D eigenvalue weighted by molar-refractivity contribution is 5.91. The third-order valence-corrected chi connectivity index (χ3v) is 4.34. The van der Waals surface area contributed by atoms with Gasteiger partial charge in [0.2, 0.25) is 5.76 Å². The average molecular weight is 338 g/mol. The van der Waals surface area contributed by atoms with Crippen LogP contribution < -0.4 is 0 Å². The van der Waals surface area contributed by atoms with Crippen LogP contribution in [0.25, 0.3) is 11.3 Å². The van der Waals surface area contributed by atoms with Gasteiger partial charge in [-0.1, -0.05) is 5.16 Å². The fourth-order valence-corrected chi connectivity index (χ4v) is 3.07. The lowest BCUT2D eigenvalue weighted by molar-refractivity contribution is 0.0721. The van der Waals surface area contributed by atoms with Crippen LogP contribution >= 0.6 is 0 Å². The summed E-state index contributed by atoms with van der Waals surface area (Å²) in [6, 6.07) is 7.81. The first-order valence-corrected chi connectivity index (χ1v) is 8.01. The van der Waals surface area contributed by atoms with Crippen molar-refractivity contribution in [1.29, 1.82) is 0 Å². The van der Waals surface area contributed by atoms with Gasteiger partial charge in [0, 0.05) is 42.4 Å². The summed E-state index contributed by atoms with van der Waals surface area (Å²) < 4.78 is 18.2. The van der Waals surface area contributed by atoms with Gasteiger partial charge in [0.1, 0.15) is 12.1 Å². The molecule has 25 heavy (non-hydrogen) atoms. The third-order valence-electron chi connectivity index (χ3n) is 4.34. The highest BCUT2D eigenvalue weighted by Crippen LogP contribution is 2.26. The minimum Gasteiger partial charge on any atom is -0.351 e. The van der Waals surface area contributed by atoms with Crippen molar-refractivity contribution in [3.05, 3.63) is 65.7 Å². The molecule has 126 valence electrons. The van der Waals surface area contributed by atoms with Crippen molar-refractivity contribution in [1.82, 2.24) is 20.0 Å². The first-order valence-electron chi connectivity index (χ1n) is 8.01. The summed E-state index contributed by atoms with van der Waals surface area (Å²) in [6.07, 6.45) is 4.23. The van der Waals surface area contributed by atoms with Crippen LogP contribution in [-0.2, 0) is 12.8 Å². The summed E-state index contributed by atoms with van der Waals surface area (Å²) in [7, 11) is 0. The van der Waals surface area contributed by atoms with Crippen molar-refractivity contribution in [3.8, 4) is 11.3 Å². The van der Waals surface area contributed by atoms with Crippen molar-refractivity contribution in [2.24, 2.45) is 0 Å². The number of amides is 1. The van der Waals surface area contributed by atoms with Crippen LogP contribution in [0.2, 0.25) is 0 Å². The number of hydrogen-bond acceptors (Lipinski definition) is 5. The molecule has 1 aliphatic heterocycles. The minimum atomic E-state index is -0.285. The van der Waals surface area contributed by atoms with Crippen molar-refractivity contribution in [2.75, 3.05) is 13.1 Å². The second-order valence-electron chi connectivity index (χ2n) is 5.82. The molecule has 0 bridgehead atoms. The van der Waals surface area contributed by atoms with Crippen LogP contribution in [-0.4, -0.2) is 39.0 Å². The van der Waals surface area contributed by atoms with Gasteiger partial charge in [0.25, 0.3) is 5.91 Å². The lowest BCUT2D eigenvalue weighted by atomic mass is 10.0. The summed E-state index contributed by atoms with van der Waals surface area (Å²) >= 11 is 0. The van der Waals surface area contributed by atoms with Gasteiger partial charge in [0.15, 0.2) is 0 Å². The van der Waals surface area contributed by atoms with Crippen molar-refractivity contribution in [3.63, 3.8) is 0 Å². The number of rotatable bonds is 2. The second-order valence-corrected chi connectivity index (χ2v) is 5.82. The number of carbonyl (C=O) groups excluding carboxylic acids is 1. The Balaban J connectivity index is 1.62. The van der Waals surface area contributed by atoms with E-state index in [1.54, 1.807) is 23.1 Å². The molecule has 1 amide bonds. The molecule has 0 spiro atoms. The molecule has 0 atom stereocenters. The summed E-state index contributed by atoms with van der Waals surface area (Å²) in [5.41, 5.74) is 3.55. The van der Waals surface area contributed by atoms with E-state index in [4.69, 9.17) is 4.52 Å². The number of nitrogens with zero attached hydrogens (tertiary/aromatic N) is 4. The van der Waals surface area contributed by atoms with Gasteiger partial charge in [-0.2, -0.15) is 0 Å². The molecular formula is C18H15FN4O2. The van der Waals surface area contributed by atoms with E-state index < -0.39 is 0 Å². The molecule has 0 saturated heterocycles. The average Bonchev–Trinajstić information content (AvgIpc) is 3.08. The molecule has 0 aliphatic carbocycles. The van der Waals surface area contributed by atoms with E-state index in [0.29, 0.717) is 25.9 Å². The van der Waals surface area contributed by atoms with Crippen molar-refractivity contribution < 1.29 is 13.7 Å². The third kappa shape index (κ3) is 3.00. The molecule has 0 unspecified atom stereocenters. The van der Waals surface area contributed by atoms with Gasteiger partial charge in [-0.25, -0.2) is 14.4 Å². The molecule has 0 fully saturated rings. The number of carbonyl (C=O) groups is 1. The molecule has 3 heterocycles. The Morgan fingerprint density at radius 3 is 2.64 bits per heavy atom. The Morgan fingerprint density at radius 2 is 1.88 bits per heavy atom. The number of hydrogen-bond donors (Lipinski definition) is 0. The van der Waals surface area contributed by atoms with E-state index in [1.807, 2.05) is 0 Å². The Hall–Kier alpha value is -3.09. The Bertz CT molecular complexity index is 894. The Labute approximate surface area is 143 Å². The fraction of sp³-hybridized carbons (Fsp3) is 0.222. The van der Waals surface area contributed by atoms with Gasteiger partial charge in [-0.05, 0) is 30.7 Å². The smallest absolute Gasteiger partial charge is 0.292 e. The zero-order valence-electron chi connectivity index (χ0n) is 13.4. The number of halogens is 1. The number of benzene rings is 1. The highest BCUT2D eigenvalue weighted by Gasteiger charge is 2.24. The number of aromatic nitrogens is 3. The highest BCUT2D eigenvalue weighted by atomic mass is 19.1. The quantitative estimate of drug-likeness (QED) is 0.718. The molecule has 2 aromatic heterocycles. The van der Waals surface area contributed by atoms with Crippen LogP contribution in [0.1, 0.15) is 21.8 Å². The van der Waals surface area contributed by atoms with Crippen LogP contribution in [0.3, 0.4) is 0 Å². The number of fused-ring (bicyclic) bond motifs is 1. The molecule has 3 aromatic rings. The van der Waals surface area contributed by atoms with Crippen LogP contribution in [0.5, 0.6) is 0 Å². The van der Waals surface area contributed by atoms with E-state index >= 15 is 0 Å². The van der Waals surface area contributed by atoms with Gasteiger partial charge < -0.3 is 9.42 Å². The maximum Gasteiger partial charge on any atom is 0.292 e. The topological polar surface area (TPSA) is 72.1 Å². The SMILES string of the molecule is O=C(c1ccno1)N1CCc2ncnc(-c3ccc(F)cc3)c2CC1. The van der Waals surface area contributed by atoms with Crippen LogP contribution in [0, 0.1) is 5.82 Å². The zero-order valence-corrected chi connectivity index (χ0v) is 13.4. The fourth-order valence-electron chi connectivity index (χ4n) is 3.07. The van der Waals surface area contributed by atoms with Crippen LogP contribution in [0.4, 0.5) is 4.39 Å². The van der Waals surface area contributed by atoms with Crippen molar-refractivity contribution >= 4 is 5.91 Å². The molecular weight excluding hydrogens is 323 g/mol. The second kappa shape index (κ2) is 6.43. The normalized spacial score (nSPS) is 14.0. The summed E-state index contributed by atoms with van der Waals surface area (Å²) in [6.45, 7) is 1.08. The first-order chi connectivity index (χ1) is 12.2. The molecule has 0 radical (unpaired) electrons.